The smallest absolute Gasteiger partial charge is 0.340 e. The third kappa shape index (κ3) is 4.59. The molecule has 0 saturated carbocycles. The van der Waals surface area contributed by atoms with E-state index in [4.69, 9.17) is 4.74 Å². The molecule has 0 aliphatic heterocycles. The van der Waals surface area contributed by atoms with Crippen LogP contribution in [0.1, 0.15) is 23.7 Å². The third-order valence-corrected chi connectivity index (χ3v) is 3.59. The van der Waals surface area contributed by atoms with Crippen molar-refractivity contribution < 1.29 is 14.3 Å². The summed E-state index contributed by atoms with van der Waals surface area (Å²) in [6.45, 7) is 2.53. The Labute approximate surface area is 142 Å². The zero-order valence-corrected chi connectivity index (χ0v) is 14.0. The van der Waals surface area contributed by atoms with Crippen molar-refractivity contribution in [3.8, 4) is 0 Å². The van der Waals surface area contributed by atoms with Crippen LogP contribution in [0.5, 0.6) is 0 Å². The predicted molar refractivity (Wildman–Crippen MR) is 95.4 cm³/mol. The number of ether oxygens (including phenoxy) is 1. The molecule has 2 aromatic carbocycles. The monoisotopic (exact) mass is 326 g/mol. The fourth-order valence-corrected chi connectivity index (χ4v) is 2.29. The molecule has 0 heterocycles. The van der Waals surface area contributed by atoms with Crippen LogP contribution in [0.25, 0.3) is 0 Å². The predicted octanol–water partition coefficient (Wildman–Crippen LogP) is 3.33. The summed E-state index contributed by atoms with van der Waals surface area (Å²) in [6.07, 6.45) is 0.322. The van der Waals surface area contributed by atoms with Crippen molar-refractivity contribution in [1.82, 2.24) is 0 Å². The molecule has 0 unspecified atom stereocenters. The molecule has 1 amide bonds. The maximum absolute atomic E-state index is 12.2. The molecule has 2 aromatic rings. The van der Waals surface area contributed by atoms with Gasteiger partial charge in [-0.2, -0.15) is 0 Å². The minimum Gasteiger partial charge on any atom is -0.462 e. The van der Waals surface area contributed by atoms with Crippen molar-refractivity contribution in [1.29, 1.82) is 0 Å². The van der Waals surface area contributed by atoms with Gasteiger partial charge in [0.1, 0.15) is 0 Å². The number of para-hydroxylation sites is 2. The summed E-state index contributed by atoms with van der Waals surface area (Å²) in [5.74, 6) is -0.365. The summed E-state index contributed by atoms with van der Waals surface area (Å²) in [5, 5.41) is 3.14. The van der Waals surface area contributed by atoms with Gasteiger partial charge in [0.2, 0.25) is 5.91 Å². The van der Waals surface area contributed by atoms with Gasteiger partial charge in [-0.3, -0.25) is 4.79 Å². The van der Waals surface area contributed by atoms with E-state index in [-0.39, 0.29) is 11.9 Å². The fourth-order valence-electron chi connectivity index (χ4n) is 2.29. The van der Waals surface area contributed by atoms with Gasteiger partial charge in [-0.1, -0.05) is 30.3 Å². The number of carbonyl (C=O) groups excluding carboxylic acids is 2. The van der Waals surface area contributed by atoms with Crippen LogP contribution < -0.4 is 10.2 Å². The first-order chi connectivity index (χ1) is 11.6. The second-order valence-corrected chi connectivity index (χ2v) is 5.23. The standard InChI is InChI=1S/C19H22N2O3/c1-3-24-19(23)16-11-7-8-12-17(16)20-14-13-18(22)21(2)15-9-5-4-6-10-15/h4-12,20H,3,13-14H2,1-2H3. The Morgan fingerprint density at radius 1 is 1.04 bits per heavy atom. The number of hydrogen-bond acceptors (Lipinski definition) is 4. The Balaban J connectivity index is 1.92. The van der Waals surface area contributed by atoms with Gasteiger partial charge in [0.15, 0.2) is 0 Å². The van der Waals surface area contributed by atoms with Crippen molar-refractivity contribution >= 4 is 23.3 Å². The molecule has 0 bridgehead atoms. The lowest BCUT2D eigenvalue weighted by Crippen LogP contribution is -2.28. The quantitative estimate of drug-likeness (QED) is 0.793. The van der Waals surface area contributed by atoms with Gasteiger partial charge in [0.25, 0.3) is 0 Å². The van der Waals surface area contributed by atoms with E-state index in [0.717, 1.165) is 5.69 Å². The van der Waals surface area contributed by atoms with Gasteiger partial charge in [-0.15, -0.1) is 0 Å². The van der Waals surface area contributed by atoms with Crippen LogP contribution in [0, 0.1) is 0 Å². The summed E-state index contributed by atoms with van der Waals surface area (Å²) in [4.78, 5) is 25.8. The van der Waals surface area contributed by atoms with Crippen molar-refractivity contribution in [3.63, 3.8) is 0 Å². The van der Waals surface area contributed by atoms with Crippen LogP contribution in [-0.2, 0) is 9.53 Å². The molecule has 0 spiro atoms. The molecule has 2 rings (SSSR count). The Kier molecular flexibility index (Phi) is 6.37. The number of rotatable bonds is 7. The molecule has 126 valence electrons. The lowest BCUT2D eigenvalue weighted by molar-refractivity contribution is -0.118. The summed E-state index contributed by atoms with van der Waals surface area (Å²) < 4.78 is 5.04. The molecule has 0 aliphatic carbocycles. The van der Waals surface area contributed by atoms with Crippen LogP contribution in [-0.4, -0.2) is 32.1 Å². The molecule has 0 radical (unpaired) electrons. The Bertz CT molecular complexity index is 686. The molecule has 5 nitrogen and oxygen atoms in total. The highest BCUT2D eigenvalue weighted by Crippen LogP contribution is 2.17. The maximum Gasteiger partial charge on any atom is 0.340 e. The zero-order chi connectivity index (χ0) is 17.4. The molecule has 24 heavy (non-hydrogen) atoms. The minimum atomic E-state index is -0.367. The lowest BCUT2D eigenvalue weighted by Gasteiger charge is -2.18. The van der Waals surface area contributed by atoms with Crippen LogP contribution >= 0.6 is 0 Å². The van der Waals surface area contributed by atoms with E-state index < -0.39 is 0 Å². The van der Waals surface area contributed by atoms with Gasteiger partial charge < -0.3 is 15.0 Å². The normalized spacial score (nSPS) is 10.1. The topological polar surface area (TPSA) is 58.6 Å². The Morgan fingerprint density at radius 2 is 1.71 bits per heavy atom. The van der Waals surface area contributed by atoms with Crippen molar-refractivity contribution in [3.05, 3.63) is 60.2 Å². The first kappa shape index (κ1) is 17.5. The average molecular weight is 326 g/mol. The second kappa shape index (κ2) is 8.72. The number of benzene rings is 2. The van der Waals surface area contributed by atoms with Gasteiger partial charge in [-0.25, -0.2) is 4.79 Å². The van der Waals surface area contributed by atoms with Crippen molar-refractivity contribution in [2.45, 2.75) is 13.3 Å². The third-order valence-electron chi connectivity index (χ3n) is 3.59. The van der Waals surface area contributed by atoms with Crippen LogP contribution in [0.2, 0.25) is 0 Å². The molecule has 5 heteroatoms. The molecular formula is C19H22N2O3. The van der Waals surface area contributed by atoms with E-state index in [1.54, 1.807) is 37.1 Å². The molecule has 0 saturated heterocycles. The number of amides is 1. The van der Waals surface area contributed by atoms with E-state index in [0.29, 0.717) is 30.8 Å². The number of hydrogen-bond donors (Lipinski definition) is 1. The molecule has 0 aliphatic rings. The fraction of sp³-hybridized carbons (Fsp3) is 0.263. The Hall–Kier alpha value is -2.82. The zero-order valence-electron chi connectivity index (χ0n) is 14.0. The van der Waals surface area contributed by atoms with E-state index in [9.17, 15) is 9.59 Å². The van der Waals surface area contributed by atoms with Gasteiger partial charge in [0, 0.05) is 31.4 Å². The van der Waals surface area contributed by atoms with Gasteiger partial charge in [-0.05, 0) is 31.2 Å². The lowest BCUT2D eigenvalue weighted by atomic mass is 10.1. The minimum absolute atomic E-state index is 0.00214. The summed E-state index contributed by atoms with van der Waals surface area (Å²) in [5.41, 5.74) is 2.00. The molecular weight excluding hydrogens is 304 g/mol. The number of carbonyl (C=O) groups is 2. The maximum atomic E-state index is 12.2. The summed E-state index contributed by atoms with van der Waals surface area (Å²) in [6, 6.07) is 16.6. The second-order valence-electron chi connectivity index (χ2n) is 5.23. The molecule has 0 atom stereocenters. The van der Waals surface area contributed by atoms with Gasteiger partial charge >= 0.3 is 5.97 Å². The number of anilines is 2. The highest BCUT2D eigenvalue weighted by Gasteiger charge is 2.13. The van der Waals surface area contributed by atoms with Crippen LogP contribution in [0.15, 0.2) is 54.6 Å². The first-order valence-electron chi connectivity index (χ1n) is 7.95. The van der Waals surface area contributed by atoms with Crippen molar-refractivity contribution in [2.24, 2.45) is 0 Å². The summed E-state index contributed by atoms with van der Waals surface area (Å²) >= 11 is 0. The molecule has 0 aromatic heterocycles. The molecule has 1 N–H and O–H groups in total. The van der Waals surface area contributed by atoms with Crippen molar-refractivity contribution in [2.75, 3.05) is 30.4 Å². The highest BCUT2D eigenvalue weighted by molar-refractivity contribution is 5.96. The van der Waals surface area contributed by atoms with Crippen LogP contribution in [0.3, 0.4) is 0 Å². The van der Waals surface area contributed by atoms with Crippen LogP contribution in [0.4, 0.5) is 11.4 Å². The molecule has 0 fully saturated rings. The number of esters is 1. The Morgan fingerprint density at radius 3 is 2.42 bits per heavy atom. The van der Waals surface area contributed by atoms with Gasteiger partial charge in [0.05, 0.1) is 12.2 Å². The number of nitrogens with one attached hydrogen (secondary N) is 1. The van der Waals surface area contributed by atoms with E-state index in [2.05, 4.69) is 5.32 Å². The first-order valence-corrected chi connectivity index (χ1v) is 7.95. The summed E-state index contributed by atoms with van der Waals surface area (Å²) in [7, 11) is 1.75. The van der Waals surface area contributed by atoms with E-state index >= 15 is 0 Å². The number of nitrogens with zero attached hydrogens (tertiary/aromatic N) is 1. The van der Waals surface area contributed by atoms with E-state index in [1.807, 2.05) is 36.4 Å². The highest BCUT2D eigenvalue weighted by atomic mass is 16.5. The largest absolute Gasteiger partial charge is 0.462 e. The average Bonchev–Trinajstić information content (AvgIpc) is 2.62. The van der Waals surface area contributed by atoms with E-state index in [1.165, 1.54) is 0 Å². The SMILES string of the molecule is CCOC(=O)c1ccccc1NCCC(=O)N(C)c1ccccc1.